The van der Waals surface area contributed by atoms with E-state index >= 15 is 0 Å². The van der Waals surface area contributed by atoms with Crippen molar-refractivity contribution in [1.29, 1.82) is 0 Å². The first-order valence-corrected chi connectivity index (χ1v) is 8.80. The van der Waals surface area contributed by atoms with Gasteiger partial charge in [0.2, 0.25) is 0 Å². The van der Waals surface area contributed by atoms with Crippen molar-refractivity contribution >= 4 is 11.4 Å². The zero-order valence-corrected chi connectivity index (χ0v) is 15.2. The molecule has 0 fully saturated rings. The van der Waals surface area contributed by atoms with Crippen molar-refractivity contribution in [1.82, 2.24) is 0 Å². The van der Waals surface area contributed by atoms with Crippen molar-refractivity contribution in [3.8, 4) is 0 Å². The fourth-order valence-electron chi connectivity index (χ4n) is 2.81. The number of nitrogens with zero attached hydrogens (tertiary/aromatic N) is 1. The van der Waals surface area contributed by atoms with Gasteiger partial charge in [-0.25, -0.2) is 0 Å². The average molecular weight is 327 g/mol. The highest BCUT2D eigenvalue weighted by Gasteiger charge is 2.13. The van der Waals surface area contributed by atoms with Gasteiger partial charge in [-0.05, 0) is 34.2 Å². The molecule has 0 aliphatic heterocycles. The summed E-state index contributed by atoms with van der Waals surface area (Å²) in [5.74, 6) is 0. The van der Waals surface area contributed by atoms with Gasteiger partial charge in [0.1, 0.15) is 0 Å². The zero-order chi connectivity index (χ0) is 17.7. The minimum absolute atomic E-state index is 0.179. The zero-order valence-electron chi connectivity index (χ0n) is 15.2. The van der Waals surface area contributed by atoms with Gasteiger partial charge in [-0.1, -0.05) is 93.6 Å². The van der Waals surface area contributed by atoms with Crippen molar-refractivity contribution in [2.24, 2.45) is 4.99 Å². The molecule has 0 N–H and O–H groups in total. The van der Waals surface area contributed by atoms with Gasteiger partial charge in [-0.15, -0.1) is 0 Å². The molecule has 25 heavy (non-hydrogen) atoms. The van der Waals surface area contributed by atoms with Crippen LogP contribution in [0.15, 0.2) is 89.9 Å². The quantitative estimate of drug-likeness (QED) is 0.495. The second-order valence-electron chi connectivity index (χ2n) is 7.38. The molecule has 0 aliphatic rings. The molecule has 0 amide bonds. The lowest BCUT2D eigenvalue weighted by molar-refractivity contribution is 0.590. The number of hydrogen-bond acceptors (Lipinski definition) is 1. The second kappa shape index (κ2) is 7.48. The largest absolute Gasteiger partial charge is 0.252 e. The van der Waals surface area contributed by atoms with Gasteiger partial charge in [0.15, 0.2) is 0 Å². The van der Waals surface area contributed by atoms with Crippen molar-refractivity contribution < 1.29 is 0 Å². The summed E-state index contributed by atoms with van der Waals surface area (Å²) in [6, 6.07) is 29.5. The van der Waals surface area contributed by atoms with Gasteiger partial charge in [0.25, 0.3) is 0 Å². The third kappa shape index (κ3) is 4.67. The Morgan fingerprint density at radius 2 is 1.28 bits per heavy atom. The molecule has 0 heterocycles. The van der Waals surface area contributed by atoms with Crippen LogP contribution < -0.4 is 0 Å². The van der Waals surface area contributed by atoms with Crippen LogP contribution in [0.5, 0.6) is 0 Å². The maximum Gasteiger partial charge on any atom is 0.0633 e. The Morgan fingerprint density at radius 3 is 1.84 bits per heavy atom. The van der Waals surface area contributed by atoms with E-state index in [1.54, 1.807) is 0 Å². The van der Waals surface area contributed by atoms with Crippen LogP contribution in [0.3, 0.4) is 0 Å². The summed E-state index contributed by atoms with van der Waals surface area (Å²) < 4.78 is 0. The van der Waals surface area contributed by atoms with Gasteiger partial charge in [-0.2, -0.15) is 0 Å². The minimum atomic E-state index is 0.179. The van der Waals surface area contributed by atoms with E-state index in [4.69, 9.17) is 4.99 Å². The smallest absolute Gasteiger partial charge is 0.0633 e. The van der Waals surface area contributed by atoms with E-state index in [1.807, 2.05) is 36.4 Å². The fourth-order valence-corrected chi connectivity index (χ4v) is 2.81. The van der Waals surface area contributed by atoms with Crippen molar-refractivity contribution in [2.75, 3.05) is 0 Å². The summed E-state index contributed by atoms with van der Waals surface area (Å²) >= 11 is 0. The minimum Gasteiger partial charge on any atom is -0.252 e. The van der Waals surface area contributed by atoms with E-state index in [1.165, 1.54) is 16.7 Å². The van der Waals surface area contributed by atoms with Crippen LogP contribution in [0.4, 0.5) is 5.69 Å². The van der Waals surface area contributed by atoms with Crippen LogP contribution in [0.2, 0.25) is 0 Å². The van der Waals surface area contributed by atoms with Crippen LogP contribution in [0, 0.1) is 0 Å². The van der Waals surface area contributed by atoms with Crippen molar-refractivity contribution in [2.45, 2.75) is 32.6 Å². The molecule has 0 radical (unpaired) electrons. The van der Waals surface area contributed by atoms with Crippen LogP contribution >= 0.6 is 0 Å². The number of para-hydroxylation sites is 1. The Kier molecular flexibility index (Phi) is 5.14. The highest BCUT2D eigenvalue weighted by atomic mass is 14.7. The molecular weight excluding hydrogens is 302 g/mol. The fraction of sp³-hybridized carbons (Fsp3) is 0.208. The van der Waals surface area contributed by atoms with Gasteiger partial charge < -0.3 is 0 Å². The van der Waals surface area contributed by atoms with Gasteiger partial charge in [-0.3, -0.25) is 4.99 Å². The molecule has 1 heteroatoms. The van der Waals surface area contributed by atoms with E-state index in [0.29, 0.717) is 0 Å². The summed E-state index contributed by atoms with van der Waals surface area (Å²) in [5.41, 5.74) is 6.08. The maximum atomic E-state index is 4.91. The lowest BCUT2D eigenvalue weighted by Gasteiger charge is -2.19. The molecule has 0 spiro atoms. The molecule has 3 aromatic carbocycles. The summed E-state index contributed by atoms with van der Waals surface area (Å²) in [6.07, 6.45) is 0.823. The number of hydrogen-bond donors (Lipinski definition) is 0. The molecule has 0 aliphatic carbocycles. The predicted molar refractivity (Wildman–Crippen MR) is 108 cm³/mol. The average Bonchev–Trinajstić information content (AvgIpc) is 2.62. The molecule has 3 rings (SSSR count). The second-order valence-corrected chi connectivity index (χ2v) is 7.38. The Bertz CT molecular complexity index is 823. The highest BCUT2D eigenvalue weighted by molar-refractivity contribution is 6.03. The summed E-state index contributed by atoms with van der Waals surface area (Å²) in [4.78, 5) is 4.91. The molecule has 0 saturated heterocycles. The van der Waals surface area contributed by atoms with Gasteiger partial charge >= 0.3 is 0 Å². The summed E-state index contributed by atoms with van der Waals surface area (Å²) in [6.45, 7) is 6.73. The molecule has 126 valence electrons. The van der Waals surface area contributed by atoms with Crippen molar-refractivity contribution in [3.05, 3.63) is 102 Å². The number of benzene rings is 3. The normalized spacial score (nSPS) is 12.2. The van der Waals surface area contributed by atoms with Crippen LogP contribution in [0.25, 0.3) is 0 Å². The molecule has 0 unspecified atom stereocenters. The van der Waals surface area contributed by atoms with E-state index < -0.39 is 0 Å². The first-order chi connectivity index (χ1) is 12.0. The Labute approximate surface area is 151 Å². The summed E-state index contributed by atoms with van der Waals surface area (Å²) in [7, 11) is 0. The molecule has 0 bridgehead atoms. The van der Waals surface area contributed by atoms with Gasteiger partial charge in [0, 0.05) is 6.42 Å². The third-order valence-electron chi connectivity index (χ3n) is 4.32. The Morgan fingerprint density at radius 1 is 0.720 bits per heavy atom. The highest BCUT2D eigenvalue weighted by Crippen LogP contribution is 2.23. The lowest BCUT2D eigenvalue weighted by Crippen LogP contribution is -2.11. The van der Waals surface area contributed by atoms with Crippen molar-refractivity contribution in [3.63, 3.8) is 0 Å². The summed E-state index contributed by atoms with van der Waals surface area (Å²) in [5, 5.41) is 0. The SMILES string of the molecule is CC(C)(C)c1ccc(CC(=Nc2ccccc2)c2ccccc2)cc1. The van der Waals surface area contributed by atoms with Crippen LogP contribution in [-0.2, 0) is 11.8 Å². The molecule has 0 aromatic heterocycles. The van der Waals surface area contributed by atoms with Crippen LogP contribution in [-0.4, -0.2) is 5.71 Å². The van der Waals surface area contributed by atoms with Crippen LogP contribution in [0.1, 0.15) is 37.5 Å². The topological polar surface area (TPSA) is 12.4 Å². The maximum absolute atomic E-state index is 4.91. The molecule has 1 nitrogen and oxygen atoms in total. The number of aliphatic imine (C=N–C) groups is 1. The lowest BCUT2D eigenvalue weighted by atomic mass is 9.86. The van der Waals surface area contributed by atoms with E-state index in [0.717, 1.165) is 17.8 Å². The van der Waals surface area contributed by atoms with E-state index in [2.05, 4.69) is 69.3 Å². The predicted octanol–water partition coefficient (Wildman–Crippen LogP) is 6.35. The Hall–Kier alpha value is -2.67. The molecular formula is C24H25N. The molecule has 3 aromatic rings. The molecule has 0 saturated carbocycles. The van der Waals surface area contributed by atoms with Gasteiger partial charge in [0.05, 0.1) is 11.4 Å². The third-order valence-corrected chi connectivity index (χ3v) is 4.32. The molecule has 0 atom stereocenters. The van der Waals surface area contributed by atoms with E-state index in [9.17, 15) is 0 Å². The first kappa shape index (κ1) is 17.2. The Balaban J connectivity index is 1.92. The monoisotopic (exact) mass is 327 g/mol. The standard InChI is InChI=1S/C24H25N/c1-24(2,3)21-16-14-19(15-17-21)18-23(20-10-6-4-7-11-20)25-22-12-8-5-9-13-22/h4-17H,18H2,1-3H3. The first-order valence-electron chi connectivity index (χ1n) is 8.80. The number of rotatable bonds is 4. The van der Waals surface area contributed by atoms with E-state index in [-0.39, 0.29) is 5.41 Å².